The fraction of sp³-hybridized carbons (Fsp3) is 0.366. The van der Waals surface area contributed by atoms with Crippen LogP contribution in [0.1, 0.15) is 90.5 Å². The van der Waals surface area contributed by atoms with E-state index in [2.05, 4.69) is 13.8 Å². The number of carboxylic acid groups (broad SMARTS) is 1. The van der Waals surface area contributed by atoms with Gasteiger partial charge in [0.2, 0.25) is 0 Å². The SMILES string of the molecule is C.C.CCC(C)(CC(=O)O)c1cccc(OCc2ccccc2)c1.CCC(C)(CC(=O)OC)c1cccc(OCc2ccccc2)c1. The van der Waals surface area contributed by atoms with Gasteiger partial charge >= 0.3 is 11.9 Å². The average molecular weight is 643 g/mol. The number of hydrogen-bond acceptors (Lipinski definition) is 5. The minimum Gasteiger partial charge on any atom is -0.489 e. The molecule has 1 N–H and O–H groups in total. The van der Waals surface area contributed by atoms with Crippen molar-refractivity contribution in [2.75, 3.05) is 7.11 Å². The Morgan fingerprint density at radius 3 is 1.38 bits per heavy atom. The molecule has 0 aliphatic heterocycles. The second-order valence-corrected chi connectivity index (χ2v) is 11.8. The van der Waals surface area contributed by atoms with Gasteiger partial charge in [-0.3, -0.25) is 9.59 Å². The standard InChI is InChI=1S/C20H24O3.C19H22O3.2CH4/c1-4-20(2,14-19(21)22-3)17-11-8-12-18(13-17)23-15-16-9-6-5-7-10-16;1-3-19(2,13-18(20)21)16-10-7-11-17(12-16)22-14-15-8-5-4-6-9-15;;/h5-13H,4,14-15H2,1-3H3;4-12H,3,13-14H2,1-2H3,(H,20,21);2*1H4. The normalized spacial score (nSPS) is 12.7. The van der Waals surface area contributed by atoms with Crippen molar-refractivity contribution >= 4 is 11.9 Å². The average Bonchev–Trinajstić information content (AvgIpc) is 3.07. The molecule has 0 spiro atoms. The third kappa shape index (κ3) is 12.6. The van der Waals surface area contributed by atoms with Crippen molar-refractivity contribution < 1.29 is 28.9 Å². The van der Waals surface area contributed by atoms with Crippen LogP contribution < -0.4 is 9.47 Å². The van der Waals surface area contributed by atoms with Gasteiger partial charge < -0.3 is 19.3 Å². The molecular weight excluding hydrogens is 588 g/mol. The van der Waals surface area contributed by atoms with Gasteiger partial charge in [0, 0.05) is 10.8 Å². The van der Waals surface area contributed by atoms with Crippen molar-refractivity contribution in [3.05, 3.63) is 131 Å². The van der Waals surface area contributed by atoms with E-state index in [0.29, 0.717) is 19.6 Å². The molecule has 0 aromatic heterocycles. The van der Waals surface area contributed by atoms with Crippen LogP contribution in [0.3, 0.4) is 0 Å². The Morgan fingerprint density at radius 2 is 1.02 bits per heavy atom. The predicted octanol–water partition coefficient (Wildman–Crippen LogP) is 10.2. The number of carbonyl (C=O) groups excluding carboxylic acids is 1. The number of carboxylic acids is 1. The van der Waals surface area contributed by atoms with Crippen LogP contribution >= 0.6 is 0 Å². The second kappa shape index (κ2) is 19.8. The highest BCUT2D eigenvalue weighted by molar-refractivity contribution is 5.71. The molecule has 0 fully saturated rings. The summed E-state index contributed by atoms with van der Waals surface area (Å²) >= 11 is 0. The molecule has 47 heavy (non-hydrogen) atoms. The lowest BCUT2D eigenvalue weighted by atomic mass is 9.77. The summed E-state index contributed by atoms with van der Waals surface area (Å²) in [7, 11) is 1.43. The first kappa shape index (κ1) is 40.4. The molecule has 0 aliphatic rings. The highest BCUT2D eigenvalue weighted by Gasteiger charge is 2.29. The quantitative estimate of drug-likeness (QED) is 0.138. The second-order valence-electron chi connectivity index (χ2n) is 11.8. The Morgan fingerprint density at radius 1 is 0.617 bits per heavy atom. The van der Waals surface area contributed by atoms with Crippen molar-refractivity contribution in [1.29, 1.82) is 0 Å². The van der Waals surface area contributed by atoms with Crippen molar-refractivity contribution in [3.8, 4) is 11.5 Å². The molecule has 0 saturated carbocycles. The fourth-order valence-corrected chi connectivity index (χ4v) is 4.99. The predicted molar refractivity (Wildman–Crippen MR) is 192 cm³/mol. The van der Waals surface area contributed by atoms with E-state index in [0.717, 1.165) is 46.6 Å². The minimum atomic E-state index is -0.778. The van der Waals surface area contributed by atoms with Gasteiger partial charge in [-0.2, -0.15) is 0 Å². The number of hydrogen-bond donors (Lipinski definition) is 1. The number of aliphatic carboxylic acids is 1. The van der Waals surface area contributed by atoms with Crippen molar-refractivity contribution in [2.24, 2.45) is 0 Å². The van der Waals surface area contributed by atoms with Crippen LogP contribution in [0.4, 0.5) is 0 Å². The molecule has 4 aromatic rings. The van der Waals surface area contributed by atoms with E-state index in [1.807, 2.05) is 123 Å². The van der Waals surface area contributed by atoms with E-state index < -0.39 is 5.97 Å². The number of benzene rings is 4. The largest absolute Gasteiger partial charge is 0.489 e. The highest BCUT2D eigenvalue weighted by Crippen LogP contribution is 2.34. The Hall–Kier alpha value is -4.58. The van der Waals surface area contributed by atoms with Crippen LogP contribution in [-0.2, 0) is 38.4 Å². The molecule has 4 aromatic carbocycles. The fourth-order valence-electron chi connectivity index (χ4n) is 4.99. The summed E-state index contributed by atoms with van der Waals surface area (Å²) in [6.07, 6.45) is 2.10. The number of methoxy groups -OCH3 is 1. The number of ether oxygens (including phenoxy) is 3. The molecule has 2 atom stereocenters. The molecule has 254 valence electrons. The molecular formula is C41H54O6. The lowest BCUT2D eigenvalue weighted by Gasteiger charge is -2.28. The Bertz CT molecular complexity index is 1490. The van der Waals surface area contributed by atoms with Gasteiger partial charge in [0.25, 0.3) is 0 Å². The van der Waals surface area contributed by atoms with E-state index in [9.17, 15) is 9.59 Å². The van der Waals surface area contributed by atoms with Gasteiger partial charge in [0.1, 0.15) is 24.7 Å². The first-order chi connectivity index (χ1) is 21.6. The highest BCUT2D eigenvalue weighted by atomic mass is 16.5. The van der Waals surface area contributed by atoms with Crippen LogP contribution in [0.5, 0.6) is 11.5 Å². The molecule has 0 amide bonds. The maximum absolute atomic E-state index is 11.7. The molecule has 0 bridgehead atoms. The van der Waals surface area contributed by atoms with Crippen molar-refractivity contribution in [3.63, 3.8) is 0 Å². The molecule has 6 nitrogen and oxygen atoms in total. The number of carbonyl (C=O) groups is 2. The van der Waals surface area contributed by atoms with Gasteiger partial charge in [-0.15, -0.1) is 0 Å². The Labute approximate surface area is 282 Å². The summed E-state index contributed by atoms with van der Waals surface area (Å²) in [5.74, 6) is 0.618. The summed E-state index contributed by atoms with van der Waals surface area (Å²) < 4.78 is 16.6. The van der Waals surface area contributed by atoms with Crippen molar-refractivity contribution in [2.45, 2.75) is 92.3 Å². The van der Waals surface area contributed by atoms with Crippen LogP contribution in [0.2, 0.25) is 0 Å². The first-order valence-electron chi connectivity index (χ1n) is 15.4. The number of rotatable bonds is 14. The molecule has 0 aliphatic carbocycles. The lowest BCUT2D eigenvalue weighted by molar-refractivity contribution is -0.142. The number of esters is 1. The van der Waals surface area contributed by atoms with E-state index >= 15 is 0 Å². The summed E-state index contributed by atoms with van der Waals surface area (Å²) in [5.41, 5.74) is 3.71. The third-order valence-electron chi connectivity index (χ3n) is 8.42. The topological polar surface area (TPSA) is 82.1 Å². The molecule has 6 heteroatoms. The lowest BCUT2D eigenvalue weighted by Crippen LogP contribution is -2.25. The zero-order valence-electron chi connectivity index (χ0n) is 27.1. The third-order valence-corrected chi connectivity index (χ3v) is 8.42. The zero-order chi connectivity index (χ0) is 32.7. The Kier molecular flexibility index (Phi) is 17.1. The smallest absolute Gasteiger partial charge is 0.306 e. The zero-order valence-corrected chi connectivity index (χ0v) is 27.1. The summed E-state index contributed by atoms with van der Waals surface area (Å²) in [4.78, 5) is 22.8. The minimum absolute atomic E-state index is 0. The summed E-state index contributed by atoms with van der Waals surface area (Å²) in [6.45, 7) is 9.20. The van der Waals surface area contributed by atoms with Gasteiger partial charge in [0.15, 0.2) is 0 Å². The van der Waals surface area contributed by atoms with Crippen LogP contribution in [0, 0.1) is 0 Å². The van der Waals surface area contributed by atoms with Gasteiger partial charge in [0.05, 0.1) is 20.0 Å². The Balaban J connectivity index is 0.000000451. The van der Waals surface area contributed by atoms with E-state index in [-0.39, 0.29) is 38.1 Å². The summed E-state index contributed by atoms with van der Waals surface area (Å²) in [6, 6.07) is 35.8. The van der Waals surface area contributed by atoms with E-state index in [1.165, 1.54) is 7.11 Å². The monoisotopic (exact) mass is 642 g/mol. The van der Waals surface area contributed by atoms with Gasteiger partial charge in [-0.25, -0.2) is 0 Å². The van der Waals surface area contributed by atoms with Crippen LogP contribution in [0.25, 0.3) is 0 Å². The molecule has 0 heterocycles. The molecule has 0 radical (unpaired) electrons. The van der Waals surface area contributed by atoms with Gasteiger partial charge in [-0.1, -0.05) is 127 Å². The maximum atomic E-state index is 11.7. The van der Waals surface area contributed by atoms with Crippen LogP contribution in [-0.4, -0.2) is 24.2 Å². The van der Waals surface area contributed by atoms with Crippen molar-refractivity contribution in [1.82, 2.24) is 0 Å². The first-order valence-corrected chi connectivity index (χ1v) is 15.4. The van der Waals surface area contributed by atoms with E-state index in [1.54, 1.807) is 0 Å². The van der Waals surface area contributed by atoms with Gasteiger partial charge in [-0.05, 0) is 59.4 Å². The molecule has 4 rings (SSSR count). The summed E-state index contributed by atoms with van der Waals surface area (Å²) in [5, 5.41) is 9.13. The molecule has 2 unspecified atom stereocenters. The molecule has 0 saturated heterocycles. The van der Waals surface area contributed by atoms with E-state index in [4.69, 9.17) is 19.3 Å². The van der Waals surface area contributed by atoms with Crippen LogP contribution in [0.15, 0.2) is 109 Å². The maximum Gasteiger partial charge on any atom is 0.306 e.